The van der Waals surface area contributed by atoms with E-state index in [4.69, 9.17) is 9.47 Å². The van der Waals surface area contributed by atoms with Crippen LogP contribution in [-0.4, -0.2) is 47.3 Å². The molecule has 0 spiro atoms. The molecule has 0 aromatic carbocycles. The molecule has 0 radical (unpaired) electrons. The fraction of sp³-hybridized carbons (Fsp3) is 0.727. The summed E-state index contributed by atoms with van der Waals surface area (Å²) in [7, 11) is 0. The Balaban J connectivity index is 5.33. The Bertz CT molecular complexity index is 556. The molecule has 8 heteroatoms. The second kappa shape index (κ2) is 15.5. The van der Waals surface area contributed by atoms with Crippen molar-refractivity contribution in [1.29, 1.82) is 0 Å². The third-order valence-corrected chi connectivity index (χ3v) is 4.81. The Morgan fingerprint density at radius 3 is 1.23 bits per heavy atom. The van der Waals surface area contributed by atoms with Crippen molar-refractivity contribution in [2.24, 2.45) is 11.8 Å². The molecule has 0 saturated carbocycles. The summed E-state index contributed by atoms with van der Waals surface area (Å²) in [6, 6.07) is 0. The lowest BCUT2D eigenvalue weighted by Crippen LogP contribution is -2.30. The van der Waals surface area contributed by atoms with Gasteiger partial charge in [-0.2, -0.15) is 0 Å². The van der Waals surface area contributed by atoms with Crippen LogP contribution in [0.3, 0.4) is 0 Å². The monoisotopic (exact) mass is 428 g/mol. The van der Waals surface area contributed by atoms with E-state index < -0.39 is 46.9 Å². The lowest BCUT2D eigenvalue weighted by atomic mass is 9.88. The van der Waals surface area contributed by atoms with Crippen LogP contribution in [0.15, 0.2) is 11.1 Å². The van der Waals surface area contributed by atoms with Gasteiger partial charge in [0.25, 0.3) is 0 Å². The lowest BCUT2D eigenvalue weighted by Gasteiger charge is -2.19. The zero-order valence-electron chi connectivity index (χ0n) is 18.6. The third kappa shape index (κ3) is 9.89. The minimum absolute atomic E-state index is 0.133. The molecule has 30 heavy (non-hydrogen) atoms. The maximum atomic E-state index is 12.3. The molecule has 0 bridgehead atoms. The molecule has 0 aromatic heterocycles. The molecule has 2 unspecified atom stereocenters. The van der Waals surface area contributed by atoms with Gasteiger partial charge in [-0.25, -0.2) is 9.59 Å². The third-order valence-electron chi connectivity index (χ3n) is 4.81. The topological polar surface area (TPSA) is 127 Å². The number of carboxylic acid groups (broad SMARTS) is 2. The number of rotatable bonds is 16. The number of ether oxygens (including phenoxy) is 2. The van der Waals surface area contributed by atoms with E-state index in [0.717, 1.165) is 38.5 Å². The fourth-order valence-corrected chi connectivity index (χ4v) is 2.96. The number of aliphatic carboxylic acids is 2. The van der Waals surface area contributed by atoms with Crippen molar-refractivity contribution in [1.82, 2.24) is 0 Å². The number of hydrogen-bond donors (Lipinski definition) is 2. The van der Waals surface area contributed by atoms with Crippen molar-refractivity contribution in [3.8, 4) is 0 Å². The van der Waals surface area contributed by atoms with Crippen molar-refractivity contribution in [2.45, 2.75) is 79.1 Å². The predicted octanol–water partition coefficient (Wildman–Crippen LogP) is 3.97. The average molecular weight is 429 g/mol. The lowest BCUT2D eigenvalue weighted by molar-refractivity contribution is -0.151. The van der Waals surface area contributed by atoms with Crippen molar-refractivity contribution >= 4 is 23.9 Å². The summed E-state index contributed by atoms with van der Waals surface area (Å²) in [6.07, 6.45) is 7.07. The summed E-state index contributed by atoms with van der Waals surface area (Å²) in [6.45, 7) is 6.89. The molecule has 0 aliphatic heterocycles. The van der Waals surface area contributed by atoms with Crippen LogP contribution in [0, 0.1) is 11.8 Å². The molecule has 2 atom stereocenters. The highest BCUT2D eigenvalue weighted by molar-refractivity contribution is 6.05. The zero-order chi connectivity index (χ0) is 23.1. The highest BCUT2D eigenvalue weighted by Crippen LogP contribution is 2.25. The van der Waals surface area contributed by atoms with Gasteiger partial charge in [-0.1, -0.05) is 52.4 Å². The minimum Gasteiger partial charge on any atom is -0.478 e. The summed E-state index contributed by atoms with van der Waals surface area (Å²) >= 11 is 0. The van der Waals surface area contributed by atoms with Gasteiger partial charge in [-0.05, 0) is 26.7 Å². The van der Waals surface area contributed by atoms with Gasteiger partial charge in [0, 0.05) is 0 Å². The molecule has 0 aromatic rings. The Kier molecular flexibility index (Phi) is 14.2. The van der Waals surface area contributed by atoms with Crippen LogP contribution in [0.1, 0.15) is 79.1 Å². The van der Waals surface area contributed by atoms with E-state index in [2.05, 4.69) is 0 Å². The van der Waals surface area contributed by atoms with Crippen LogP contribution in [-0.2, 0) is 28.7 Å². The summed E-state index contributed by atoms with van der Waals surface area (Å²) < 4.78 is 10.2. The molecule has 0 rings (SSSR count). The zero-order valence-corrected chi connectivity index (χ0v) is 18.6. The molecule has 0 heterocycles. The van der Waals surface area contributed by atoms with Gasteiger partial charge < -0.3 is 19.7 Å². The van der Waals surface area contributed by atoms with Crippen molar-refractivity contribution in [2.75, 3.05) is 13.2 Å². The van der Waals surface area contributed by atoms with Crippen molar-refractivity contribution in [3.63, 3.8) is 0 Å². The number of esters is 2. The summed E-state index contributed by atoms with van der Waals surface area (Å²) in [5, 5.41) is 19.2. The Labute approximate surface area is 178 Å². The Morgan fingerprint density at radius 1 is 0.633 bits per heavy atom. The molecule has 8 nitrogen and oxygen atoms in total. The molecule has 0 saturated heterocycles. The smallest absolute Gasteiger partial charge is 0.333 e. The van der Waals surface area contributed by atoms with Crippen molar-refractivity contribution in [3.05, 3.63) is 11.1 Å². The Morgan fingerprint density at radius 2 is 0.967 bits per heavy atom. The predicted molar refractivity (Wildman–Crippen MR) is 111 cm³/mol. The van der Waals surface area contributed by atoms with Gasteiger partial charge in [0.1, 0.15) is 0 Å². The van der Waals surface area contributed by atoms with Gasteiger partial charge in [0.05, 0.1) is 36.2 Å². The number of unbranched alkanes of at least 4 members (excludes halogenated alkanes) is 6. The van der Waals surface area contributed by atoms with E-state index in [9.17, 15) is 29.4 Å². The van der Waals surface area contributed by atoms with E-state index in [-0.39, 0.29) is 13.2 Å². The van der Waals surface area contributed by atoms with E-state index >= 15 is 0 Å². The molecule has 0 fully saturated rings. The van der Waals surface area contributed by atoms with Gasteiger partial charge in [-0.3, -0.25) is 9.59 Å². The molecule has 0 aliphatic carbocycles. The van der Waals surface area contributed by atoms with Crippen LogP contribution >= 0.6 is 0 Å². The molecular formula is C22H36O8. The maximum absolute atomic E-state index is 12.3. The fourth-order valence-electron chi connectivity index (χ4n) is 2.96. The number of carbonyl (C=O) groups excluding carboxylic acids is 2. The first-order chi connectivity index (χ1) is 14.2. The quantitative estimate of drug-likeness (QED) is 0.215. The van der Waals surface area contributed by atoms with Gasteiger partial charge in [0.15, 0.2) is 0 Å². The molecule has 2 N–H and O–H groups in total. The summed E-state index contributed by atoms with van der Waals surface area (Å²) in [4.78, 5) is 48.1. The van der Waals surface area contributed by atoms with Crippen LogP contribution in [0.2, 0.25) is 0 Å². The van der Waals surface area contributed by atoms with E-state index in [1.165, 1.54) is 13.8 Å². The van der Waals surface area contributed by atoms with Crippen LogP contribution in [0.4, 0.5) is 0 Å². The first-order valence-electron chi connectivity index (χ1n) is 10.7. The van der Waals surface area contributed by atoms with E-state index in [1.807, 2.05) is 13.8 Å². The summed E-state index contributed by atoms with van der Waals surface area (Å²) in [5.41, 5.74) is -1.31. The molecule has 0 amide bonds. The first-order valence-corrected chi connectivity index (χ1v) is 10.7. The highest BCUT2D eigenvalue weighted by atomic mass is 16.5. The van der Waals surface area contributed by atoms with Crippen LogP contribution < -0.4 is 0 Å². The maximum Gasteiger partial charge on any atom is 0.333 e. The second-order valence-electron chi connectivity index (χ2n) is 7.34. The van der Waals surface area contributed by atoms with Crippen LogP contribution in [0.25, 0.3) is 0 Å². The van der Waals surface area contributed by atoms with Gasteiger partial charge in [0.2, 0.25) is 0 Å². The van der Waals surface area contributed by atoms with Crippen molar-refractivity contribution < 1.29 is 38.9 Å². The molecule has 172 valence electrons. The number of carboxylic acids is 2. The molecular weight excluding hydrogens is 392 g/mol. The minimum atomic E-state index is -1.58. The van der Waals surface area contributed by atoms with Gasteiger partial charge >= 0.3 is 23.9 Å². The number of carbonyl (C=O) groups is 4. The Hall–Kier alpha value is -2.38. The van der Waals surface area contributed by atoms with Gasteiger partial charge in [-0.15, -0.1) is 0 Å². The number of hydrogen-bond acceptors (Lipinski definition) is 6. The standard InChI is InChI=1S/C22H36O8/c1-5-7-9-11-13-29-21(27)15(3)17(19(23)24)18(20(25)26)16(4)22(28)30-14-12-10-8-6-2/h15-16H,5-14H2,1-4H3,(H,23,24)(H,25,26). The highest BCUT2D eigenvalue weighted by Gasteiger charge is 2.36. The molecule has 0 aliphatic rings. The largest absolute Gasteiger partial charge is 0.478 e. The average Bonchev–Trinajstić information content (AvgIpc) is 2.69. The normalized spacial score (nSPS) is 13.7. The van der Waals surface area contributed by atoms with E-state index in [0.29, 0.717) is 12.8 Å². The summed E-state index contributed by atoms with van der Waals surface area (Å²) in [5.74, 6) is -7.49. The van der Waals surface area contributed by atoms with E-state index in [1.54, 1.807) is 0 Å². The second-order valence-corrected chi connectivity index (χ2v) is 7.34. The SMILES string of the molecule is CCCCCCOC(=O)C(C)C(C(=O)O)=C(C(=O)O)C(C)C(=O)OCCCCCC. The first kappa shape index (κ1) is 27.6. The van der Waals surface area contributed by atoms with Crippen LogP contribution in [0.5, 0.6) is 0 Å².